The van der Waals surface area contributed by atoms with E-state index >= 15 is 0 Å². The molecule has 0 atom stereocenters. The predicted molar refractivity (Wildman–Crippen MR) is 122 cm³/mol. The predicted octanol–water partition coefficient (Wildman–Crippen LogP) is 5.83. The monoisotopic (exact) mass is 446 g/mol. The van der Waals surface area contributed by atoms with E-state index in [0.29, 0.717) is 17.0 Å². The Morgan fingerprint density at radius 1 is 0.929 bits per heavy atom. The number of carbonyl (C=O) groups excluding carboxylic acids is 2. The molecule has 2 aromatic carbocycles. The molecule has 0 spiro atoms. The van der Waals surface area contributed by atoms with Crippen molar-refractivity contribution in [2.75, 3.05) is 0 Å². The van der Waals surface area contributed by atoms with E-state index < -0.39 is 5.24 Å². The maximum atomic E-state index is 12.3. The van der Waals surface area contributed by atoms with E-state index in [1.54, 1.807) is 24.3 Å². The Kier molecular flexibility index (Phi) is 13.1. The molecule has 0 aromatic heterocycles. The van der Waals surface area contributed by atoms with Gasteiger partial charge >= 0.3 is 0 Å². The highest BCUT2D eigenvalue weighted by atomic mass is 35.5. The molecule has 2 aromatic rings. The minimum absolute atomic E-state index is 0. The summed E-state index contributed by atoms with van der Waals surface area (Å²) in [5.41, 5.74) is 1.90. The van der Waals surface area contributed by atoms with E-state index in [1.165, 1.54) is 5.01 Å². The van der Waals surface area contributed by atoms with Gasteiger partial charge in [0.25, 0.3) is 11.1 Å². The third-order valence-corrected chi connectivity index (χ3v) is 3.97. The molecule has 7 heteroatoms. The molecule has 0 unspecified atom stereocenters. The topological polar surface area (TPSA) is 63.4 Å². The number of amides is 1. The number of rotatable bonds is 3. The van der Waals surface area contributed by atoms with Crippen LogP contribution in [0, 0.1) is 0 Å². The summed E-state index contributed by atoms with van der Waals surface area (Å²) in [7, 11) is 0. The Bertz CT molecular complexity index is 745. The minimum Gasteiger partial charge on any atom is -0.276 e. The second-order valence-electron chi connectivity index (χ2n) is 7.23. The van der Waals surface area contributed by atoms with Crippen LogP contribution < -0.4 is 5.84 Å². The molecule has 0 saturated carbocycles. The summed E-state index contributed by atoms with van der Waals surface area (Å²) in [6.07, 6.45) is 0. The van der Waals surface area contributed by atoms with E-state index in [2.05, 4.69) is 13.8 Å². The van der Waals surface area contributed by atoms with Crippen molar-refractivity contribution in [3.63, 3.8) is 0 Å². The first kappa shape index (κ1) is 28.6. The van der Waals surface area contributed by atoms with Gasteiger partial charge in [0.1, 0.15) is 0 Å². The number of nitrogens with two attached hydrogens (primary N) is 1. The molecule has 2 rings (SSSR count). The number of nitrogens with zero attached hydrogens (tertiary/aromatic N) is 1. The van der Waals surface area contributed by atoms with Crippen LogP contribution in [0.1, 0.15) is 66.8 Å². The van der Waals surface area contributed by atoms with E-state index in [-0.39, 0.29) is 36.3 Å². The molecule has 0 bridgehead atoms. The summed E-state index contributed by atoms with van der Waals surface area (Å²) in [6, 6.07) is 16.4. The van der Waals surface area contributed by atoms with Crippen molar-refractivity contribution in [3.8, 4) is 0 Å². The molecule has 0 heterocycles. The highest BCUT2D eigenvalue weighted by Crippen LogP contribution is 2.22. The van der Waals surface area contributed by atoms with Gasteiger partial charge in [0.15, 0.2) is 0 Å². The summed E-state index contributed by atoms with van der Waals surface area (Å²) in [5.74, 6) is 6.06. The molecular weight excluding hydrogens is 419 g/mol. The van der Waals surface area contributed by atoms with Gasteiger partial charge in [0.05, 0.1) is 5.54 Å². The third-order valence-electron chi connectivity index (χ3n) is 3.76. The van der Waals surface area contributed by atoms with Crippen LogP contribution >= 0.6 is 36.4 Å². The van der Waals surface area contributed by atoms with Gasteiger partial charge in [-0.05, 0) is 49.9 Å². The van der Waals surface area contributed by atoms with E-state index in [4.69, 9.17) is 17.4 Å². The number of hydrazine groups is 1. The number of hydrogen-bond donors (Lipinski definition) is 1. The normalized spacial score (nSPS) is 10.0. The molecule has 28 heavy (non-hydrogen) atoms. The average Bonchev–Trinajstić information content (AvgIpc) is 2.61. The summed E-state index contributed by atoms with van der Waals surface area (Å²) >= 11 is 5.16. The fourth-order valence-corrected chi connectivity index (χ4v) is 2.32. The zero-order valence-electron chi connectivity index (χ0n) is 16.8. The summed E-state index contributed by atoms with van der Waals surface area (Å²) in [5, 5.41) is 0.893. The molecule has 4 nitrogen and oxygen atoms in total. The maximum Gasteiger partial charge on any atom is 0.268 e. The Morgan fingerprint density at radius 3 is 1.79 bits per heavy atom. The van der Waals surface area contributed by atoms with Crippen LogP contribution in [-0.2, 0) is 0 Å². The van der Waals surface area contributed by atoms with Crippen molar-refractivity contribution >= 4 is 47.6 Å². The average molecular weight is 448 g/mol. The van der Waals surface area contributed by atoms with Crippen LogP contribution in [0.25, 0.3) is 0 Å². The second kappa shape index (κ2) is 12.8. The van der Waals surface area contributed by atoms with Gasteiger partial charge in [0, 0.05) is 11.1 Å². The fourth-order valence-electron chi connectivity index (χ4n) is 2.20. The van der Waals surface area contributed by atoms with E-state index in [9.17, 15) is 9.59 Å². The Hall–Kier alpha value is -1.59. The highest BCUT2D eigenvalue weighted by Gasteiger charge is 2.26. The lowest BCUT2D eigenvalue weighted by molar-refractivity contribution is 0.0580. The quantitative estimate of drug-likeness (QED) is 0.278. The number of carbonyl (C=O) groups is 2. The van der Waals surface area contributed by atoms with Crippen LogP contribution in [0.5, 0.6) is 0 Å². The van der Waals surface area contributed by atoms with Crippen molar-refractivity contribution in [2.45, 2.75) is 46.1 Å². The van der Waals surface area contributed by atoms with Crippen LogP contribution in [0.2, 0.25) is 0 Å². The summed E-state index contributed by atoms with van der Waals surface area (Å²) in [4.78, 5) is 22.7. The van der Waals surface area contributed by atoms with Crippen molar-refractivity contribution in [2.24, 2.45) is 5.84 Å². The molecular formula is C21H29Cl3N2O2. The zero-order valence-corrected chi connectivity index (χ0v) is 19.2. The number of benzene rings is 2. The third kappa shape index (κ3) is 8.61. The lowest BCUT2D eigenvalue weighted by Gasteiger charge is -2.31. The van der Waals surface area contributed by atoms with Crippen LogP contribution in [0.3, 0.4) is 0 Å². The number of hydrogen-bond acceptors (Lipinski definition) is 3. The Balaban J connectivity index is 0. The molecule has 156 valence electrons. The fraction of sp³-hybridized carbons (Fsp3) is 0.333. The van der Waals surface area contributed by atoms with Gasteiger partial charge in [-0.15, -0.1) is 24.8 Å². The van der Waals surface area contributed by atoms with Crippen molar-refractivity contribution in [1.29, 1.82) is 0 Å². The van der Waals surface area contributed by atoms with Crippen LogP contribution in [0.4, 0.5) is 0 Å². The number of halogens is 3. The molecule has 0 aliphatic heterocycles. The molecule has 0 aliphatic rings. The first-order valence-electron chi connectivity index (χ1n) is 8.48. The van der Waals surface area contributed by atoms with Gasteiger partial charge in [0.2, 0.25) is 0 Å². The SMILES string of the molecule is CC(C)c1ccccc1C(=O)N(N)C(C)(C)C.Cl.Cl.O=C(Cl)c1ccccc1. The smallest absolute Gasteiger partial charge is 0.268 e. The molecule has 0 radical (unpaired) electrons. The summed E-state index contributed by atoms with van der Waals surface area (Å²) < 4.78 is 0. The first-order valence-corrected chi connectivity index (χ1v) is 8.86. The van der Waals surface area contributed by atoms with Crippen molar-refractivity contribution in [3.05, 3.63) is 71.3 Å². The first-order chi connectivity index (χ1) is 12.1. The Morgan fingerprint density at radius 2 is 1.39 bits per heavy atom. The van der Waals surface area contributed by atoms with E-state index in [0.717, 1.165) is 5.56 Å². The summed E-state index contributed by atoms with van der Waals surface area (Å²) in [6.45, 7) is 9.91. The molecule has 1 amide bonds. The van der Waals surface area contributed by atoms with Gasteiger partial charge in [-0.25, -0.2) is 5.84 Å². The maximum absolute atomic E-state index is 12.3. The standard InChI is InChI=1S/C14H22N2O.C7H5ClO.2ClH/c1-10(2)11-8-6-7-9-12(11)13(17)16(15)14(3,4)5;8-7(9)6-4-2-1-3-5-6;;/h6-10H,15H2,1-5H3;1-5H;2*1H. The van der Waals surface area contributed by atoms with Gasteiger partial charge in [-0.2, -0.15) is 0 Å². The molecule has 0 aliphatic carbocycles. The van der Waals surface area contributed by atoms with E-state index in [1.807, 2.05) is 51.1 Å². The van der Waals surface area contributed by atoms with Gasteiger partial charge < -0.3 is 0 Å². The van der Waals surface area contributed by atoms with Gasteiger partial charge in [-0.3, -0.25) is 14.6 Å². The molecule has 2 N–H and O–H groups in total. The van der Waals surface area contributed by atoms with Crippen LogP contribution in [0.15, 0.2) is 54.6 Å². The Labute approximate surface area is 185 Å². The molecule has 0 fully saturated rings. The van der Waals surface area contributed by atoms with Crippen LogP contribution in [-0.4, -0.2) is 21.7 Å². The zero-order chi connectivity index (χ0) is 19.9. The van der Waals surface area contributed by atoms with Gasteiger partial charge in [-0.1, -0.05) is 62.4 Å². The highest BCUT2D eigenvalue weighted by molar-refractivity contribution is 6.67. The lowest BCUT2D eigenvalue weighted by atomic mass is 9.95. The van der Waals surface area contributed by atoms with Crippen molar-refractivity contribution < 1.29 is 9.59 Å². The van der Waals surface area contributed by atoms with Crippen molar-refractivity contribution in [1.82, 2.24) is 5.01 Å². The largest absolute Gasteiger partial charge is 0.276 e. The second-order valence-corrected chi connectivity index (χ2v) is 7.57. The lowest BCUT2D eigenvalue weighted by Crippen LogP contribution is -2.50. The minimum atomic E-state index is -0.407. The molecule has 0 saturated heterocycles.